The number of carbonyl (C=O) groups is 2. The lowest BCUT2D eigenvalue weighted by atomic mass is 9.88. The van der Waals surface area contributed by atoms with Gasteiger partial charge in [-0.3, -0.25) is 0 Å². The van der Waals surface area contributed by atoms with Gasteiger partial charge in [0.15, 0.2) is 6.10 Å². The van der Waals surface area contributed by atoms with E-state index in [1.54, 1.807) is 6.92 Å². The Morgan fingerprint density at radius 1 is 1.48 bits per heavy atom. The van der Waals surface area contributed by atoms with Gasteiger partial charge in [-0.1, -0.05) is 12.0 Å². The van der Waals surface area contributed by atoms with E-state index in [1.807, 2.05) is 0 Å². The van der Waals surface area contributed by atoms with E-state index in [0.29, 0.717) is 0 Å². The molecule has 0 aliphatic carbocycles. The number of hydrogen-bond acceptors (Lipinski definition) is 8. The molecule has 0 aromatic carbocycles. The van der Waals surface area contributed by atoms with Gasteiger partial charge >= 0.3 is 12.1 Å². The van der Waals surface area contributed by atoms with Gasteiger partial charge in [0.2, 0.25) is 5.76 Å². The van der Waals surface area contributed by atoms with Crippen LogP contribution in [0.15, 0.2) is 16.9 Å². The molecular weight excluding hydrogens is 310 g/mol. The van der Waals surface area contributed by atoms with E-state index < -0.39 is 36.5 Å². The second-order valence-corrected chi connectivity index (χ2v) is 5.08. The highest BCUT2D eigenvalue weighted by Gasteiger charge is 2.45. The molecule has 10 nitrogen and oxygen atoms in total. The number of ether oxygens (including phenoxy) is 5. The molecule has 23 heavy (non-hydrogen) atoms. The van der Waals surface area contributed by atoms with Crippen LogP contribution in [0.3, 0.4) is 0 Å². The van der Waals surface area contributed by atoms with Gasteiger partial charge < -0.3 is 23.7 Å². The highest BCUT2D eigenvalue weighted by atomic mass is 16.8. The minimum atomic E-state index is -0.796. The van der Waals surface area contributed by atoms with E-state index >= 15 is 0 Å². The molecule has 0 aromatic rings. The standard InChI is InChI=1S/C13H17N3O7/c1-6-7(15-16-14)4-8(12(17)20-3)22-10(6)11(19-2)9-5-21-13(18)23-9/h4,6-7,9-11H,5H2,1-3H3/t6-,7+,9-,10-,11-/m1/s1. The summed E-state index contributed by atoms with van der Waals surface area (Å²) in [5.74, 6) is -1.11. The highest BCUT2D eigenvalue weighted by Crippen LogP contribution is 2.32. The van der Waals surface area contributed by atoms with Gasteiger partial charge in [0, 0.05) is 17.9 Å². The number of nitrogens with zero attached hydrogens (tertiary/aromatic N) is 3. The molecule has 0 N–H and O–H groups in total. The van der Waals surface area contributed by atoms with Gasteiger partial charge in [-0.05, 0) is 11.6 Å². The van der Waals surface area contributed by atoms with Crippen LogP contribution in [0, 0.1) is 5.92 Å². The van der Waals surface area contributed by atoms with Crippen molar-refractivity contribution in [1.82, 2.24) is 0 Å². The van der Waals surface area contributed by atoms with Gasteiger partial charge in [0.05, 0.1) is 13.2 Å². The smallest absolute Gasteiger partial charge is 0.480 e. The first-order valence-corrected chi connectivity index (χ1v) is 6.89. The van der Waals surface area contributed by atoms with E-state index in [2.05, 4.69) is 14.8 Å². The summed E-state index contributed by atoms with van der Waals surface area (Å²) in [5, 5.41) is 3.66. The van der Waals surface area contributed by atoms with E-state index in [-0.39, 0.29) is 18.3 Å². The van der Waals surface area contributed by atoms with Crippen molar-refractivity contribution in [2.24, 2.45) is 11.0 Å². The maximum absolute atomic E-state index is 11.8. The lowest BCUT2D eigenvalue weighted by molar-refractivity contribution is -0.149. The number of esters is 1. The summed E-state index contributed by atoms with van der Waals surface area (Å²) in [6.07, 6.45) is -1.49. The zero-order valence-electron chi connectivity index (χ0n) is 12.9. The first-order valence-electron chi connectivity index (χ1n) is 6.89. The maximum Gasteiger partial charge on any atom is 0.508 e. The molecule has 0 aromatic heterocycles. The third-order valence-corrected chi connectivity index (χ3v) is 3.79. The molecule has 0 unspecified atom stereocenters. The Kier molecular flexibility index (Phi) is 5.30. The molecule has 0 spiro atoms. The minimum absolute atomic E-state index is 0.00732. The number of cyclic esters (lactones) is 2. The number of rotatable bonds is 5. The molecule has 1 fully saturated rings. The van der Waals surface area contributed by atoms with Gasteiger partial charge in [0.1, 0.15) is 18.8 Å². The van der Waals surface area contributed by atoms with Crippen LogP contribution < -0.4 is 0 Å². The molecule has 5 atom stereocenters. The Bertz CT molecular complexity index is 558. The van der Waals surface area contributed by atoms with Crippen molar-refractivity contribution < 1.29 is 33.3 Å². The molecule has 1 saturated heterocycles. The molecule has 0 bridgehead atoms. The fourth-order valence-corrected chi connectivity index (χ4v) is 2.58. The normalized spacial score (nSPS) is 30.9. The lowest BCUT2D eigenvalue weighted by Gasteiger charge is -2.37. The molecule has 0 saturated carbocycles. The molecule has 0 radical (unpaired) electrons. The van der Waals surface area contributed by atoms with E-state index in [0.717, 1.165) is 0 Å². The Labute approximate surface area is 131 Å². The fourth-order valence-electron chi connectivity index (χ4n) is 2.58. The molecule has 2 rings (SSSR count). The van der Waals surface area contributed by atoms with Gasteiger partial charge in [0.25, 0.3) is 0 Å². The Morgan fingerprint density at radius 3 is 2.74 bits per heavy atom. The highest BCUT2D eigenvalue weighted by molar-refractivity contribution is 5.86. The Morgan fingerprint density at radius 2 is 2.22 bits per heavy atom. The van der Waals surface area contributed by atoms with Gasteiger partial charge in [-0.25, -0.2) is 9.59 Å². The van der Waals surface area contributed by atoms with E-state index in [9.17, 15) is 9.59 Å². The third-order valence-electron chi connectivity index (χ3n) is 3.79. The number of carbonyl (C=O) groups excluding carboxylic acids is 2. The van der Waals surface area contributed by atoms with Crippen LogP contribution in [0.4, 0.5) is 4.79 Å². The van der Waals surface area contributed by atoms with Gasteiger partial charge in [-0.2, -0.15) is 0 Å². The molecule has 126 valence electrons. The second kappa shape index (κ2) is 7.21. The summed E-state index contributed by atoms with van der Waals surface area (Å²) in [6, 6.07) is -0.636. The maximum atomic E-state index is 11.8. The Hall–Kier alpha value is -2.45. The second-order valence-electron chi connectivity index (χ2n) is 5.08. The summed E-state index contributed by atoms with van der Waals surface area (Å²) < 4.78 is 25.5. The minimum Gasteiger partial charge on any atom is -0.480 e. The molecule has 2 heterocycles. The van der Waals surface area contributed by atoms with Crippen LogP contribution in [-0.2, 0) is 28.5 Å². The van der Waals surface area contributed by atoms with Gasteiger partial charge in [-0.15, -0.1) is 0 Å². The zero-order valence-corrected chi connectivity index (χ0v) is 12.9. The van der Waals surface area contributed by atoms with E-state index in [1.165, 1.54) is 20.3 Å². The van der Waals surface area contributed by atoms with Crippen LogP contribution in [0.5, 0.6) is 0 Å². The summed E-state index contributed by atoms with van der Waals surface area (Å²) in [5.41, 5.74) is 8.70. The lowest BCUT2D eigenvalue weighted by Crippen LogP contribution is -2.49. The molecule has 10 heteroatoms. The van der Waals surface area contributed by atoms with Crippen molar-refractivity contribution in [1.29, 1.82) is 0 Å². The van der Waals surface area contributed by atoms with Crippen LogP contribution >= 0.6 is 0 Å². The molecule has 2 aliphatic rings. The number of hydrogen-bond donors (Lipinski definition) is 0. The van der Waals surface area contributed by atoms with Crippen molar-refractivity contribution in [3.8, 4) is 0 Å². The first kappa shape index (κ1) is 16.9. The monoisotopic (exact) mass is 327 g/mol. The molecular formula is C13H17N3O7. The number of azide groups is 1. The van der Waals surface area contributed by atoms with Crippen LogP contribution in [-0.4, -0.2) is 57.3 Å². The predicted molar refractivity (Wildman–Crippen MR) is 74.1 cm³/mol. The average Bonchev–Trinajstić information content (AvgIpc) is 2.97. The van der Waals surface area contributed by atoms with Crippen molar-refractivity contribution in [3.05, 3.63) is 22.3 Å². The van der Waals surface area contributed by atoms with Crippen LogP contribution in [0.25, 0.3) is 10.4 Å². The summed E-state index contributed by atoms with van der Waals surface area (Å²) in [6.45, 7) is 1.78. The zero-order chi connectivity index (χ0) is 17.0. The molecule has 2 aliphatic heterocycles. The molecule has 0 amide bonds. The quantitative estimate of drug-likeness (QED) is 0.322. The van der Waals surface area contributed by atoms with Crippen molar-refractivity contribution in [2.45, 2.75) is 31.3 Å². The number of methoxy groups -OCH3 is 2. The van der Waals surface area contributed by atoms with Crippen LogP contribution in [0.2, 0.25) is 0 Å². The van der Waals surface area contributed by atoms with Crippen molar-refractivity contribution >= 4 is 12.1 Å². The third kappa shape index (κ3) is 3.49. The first-order chi connectivity index (χ1) is 11.0. The largest absolute Gasteiger partial charge is 0.508 e. The topological polar surface area (TPSA) is 129 Å². The average molecular weight is 327 g/mol. The van der Waals surface area contributed by atoms with Crippen LogP contribution in [0.1, 0.15) is 6.92 Å². The Balaban J connectivity index is 2.28. The predicted octanol–water partition coefficient (Wildman–Crippen LogP) is 1.31. The van der Waals surface area contributed by atoms with E-state index in [4.69, 9.17) is 24.5 Å². The fraction of sp³-hybridized carbons (Fsp3) is 0.692. The summed E-state index contributed by atoms with van der Waals surface area (Å²) in [7, 11) is 2.63. The SMILES string of the molecule is COC(=O)C1=C[C@H](N=[N+]=[N-])[C@@H](C)[C@H]([C@H](OC)[C@H]2COC(=O)O2)O1. The summed E-state index contributed by atoms with van der Waals surface area (Å²) in [4.78, 5) is 25.7. The van der Waals surface area contributed by atoms with Crippen molar-refractivity contribution in [3.63, 3.8) is 0 Å². The summed E-state index contributed by atoms with van der Waals surface area (Å²) >= 11 is 0. The van der Waals surface area contributed by atoms with Crippen molar-refractivity contribution in [2.75, 3.05) is 20.8 Å².